The Morgan fingerprint density at radius 2 is 2.31 bits per heavy atom. The lowest BCUT2D eigenvalue weighted by molar-refractivity contribution is 0.112. The zero-order chi connectivity index (χ0) is 11.4. The molecular weight excluding hydrogens is 202 g/mol. The summed E-state index contributed by atoms with van der Waals surface area (Å²) in [6.45, 7) is 2.89. The molecule has 0 aliphatic rings. The maximum Gasteiger partial charge on any atom is 0.153 e. The summed E-state index contributed by atoms with van der Waals surface area (Å²) in [5, 5.41) is 4.36. The second kappa shape index (κ2) is 4.70. The SMILES string of the molecule is CCCn1cc(C=O)c(-c2ccccn2)n1. The van der Waals surface area contributed by atoms with Crippen LogP contribution in [0.4, 0.5) is 0 Å². The summed E-state index contributed by atoms with van der Waals surface area (Å²) in [6.07, 6.45) is 5.27. The lowest BCUT2D eigenvalue weighted by atomic mass is 10.2. The Morgan fingerprint density at radius 3 is 2.94 bits per heavy atom. The van der Waals surface area contributed by atoms with Crippen molar-refractivity contribution in [2.75, 3.05) is 0 Å². The Hall–Kier alpha value is -1.97. The van der Waals surface area contributed by atoms with Crippen LogP contribution < -0.4 is 0 Å². The Morgan fingerprint density at radius 1 is 1.44 bits per heavy atom. The molecule has 2 aromatic rings. The van der Waals surface area contributed by atoms with Gasteiger partial charge in [0.2, 0.25) is 0 Å². The molecule has 0 spiro atoms. The molecule has 4 nitrogen and oxygen atoms in total. The maximum absolute atomic E-state index is 10.9. The van der Waals surface area contributed by atoms with Crippen molar-refractivity contribution in [3.05, 3.63) is 36.2 Å². The van der Waals surface area contributed by atoms with E-state index in [4.69, 9.17) is 0 Å². The lowest BCUT2D eigenvalue weighted by Gasteiger charge is -1.96. The van der Waals surface area contributed by atoms with Crippen LogP contribution in [0, 0.1) is 0 Å². The first-order chi connectivity index (χ1) is 7.85. The molecule has 0 unspecified atom stereocenters. The fourth-order valence-electron chi connectivity index (χ4n) is 1.57. The Balaban J connectivity index is 2.43. The lowest BCUT2D eigenvalue weighted by Crippen LogP contribution is -1.97. The van der Waals surface area contributed by atoms with Gasteiger partial charge in [0.1, 0.15) is 5.69 Å². The minimum Gasteiger partial charge on any atom is -0.298 e. The van der Waals surface area contributed by atoms with Crippen LogP contribution in [-0.2, 0) is 6.54 Å². The van der Waals surface area contributed by atoms with Crippen molar-refractivity contribution in [3.8, 4) is 11.4 Å². The first-order valence-corrected chi connectivity index (χ1v) is 5.29. The number of hydrogen-bond donors (Lipinski definition) is 0. The second-order valence-electron chi connectivity index (χ2n) is 3.53. The maximum atomic E-state index is 10.9. The van der Waals surface area contributed by atoms with Crippen LogP contribution in [0.2, 0.25) is 0 Å². The number of aldehydes is 1. The van der Waals surface area contributed by atoms with Gasteiger partial charge in [0.25, 0.3) is 0 Å². The molecule has 82 valence electrons. The average molecular weight is 215 g/mol. The third-order valence-corrected chi connectivity index (χ3v) is 2.28. The number of carbonyl (C=O) groups excluding carboxylic acids is 1. The van der Waals surface area contributed by atoms with Gasteiger partial charge >= 0.3 is 0 Å². The van der Waals surface area contributed by atoms with Crippen LogP contribution in [0.5, 0.6) is 0 Å². The van der Waals surface area contributed by atoms with Gasteiger partial charge in [0, 0.05) is 18.9 Å². The smallest absolute Gasteiger partial charge is 0.153 e. The third-order valence-electron chi connectivity index (χ3n) is 2.28. The fourth-order valence-corrected chi connectivity index (χ4v) is 1.57. The molecule has 2 aromatic heterocycles. The minimum atomic E-state index is 0.590. The molecule has 0 N–H and O–H groups in total. The highest BCUT2D eigenvalue weighted by Gasteiger charge is 2.10. The fraction of sp³-hybridized carbons (Fsp3) is 0.250. The third kappa shape index (κ3) is 2.00. The number of aromatic nitrogens is 3. The molecule has 4 heteroatoms. The summed E-state index contributed by atoms with van der Waals surface area (Å²) in [7, 11) is 0. The molecule has 0 radical (unpaired) electrons. The number of nitrogens with zero attached hydrogens (tertiary/aromatic N) is 3. The van der Waals surface area contributed by atoms with Crippen LogP contribution in [-0.4, -0.2) is 21.1 Å². The molecule has 0 aliphatic heterocycles. The molecule has 0 amide bonds. The van der Waals surface area contributed by atoms with Gasteiger partial charge in [0.05, 0.1) is 11.3 Å². The summed E-state index contributed by atoms with van der Waals surface area (Å²) in [5.74, 6) is 0. The molecule has 0 aromatic carbocycles. The number of aryl methyl sites for hydroxylation is 1. The zero-order valence-corrected chi connectivity index (χ0v) is 9.13. The first-order valence-electron chi connectivity index (χ1n) is 5.29. The summed E-state index contributed by atoms with van der Waals surface area (Å²) >= 11 is 0. The number of rotatable bonds is 4. The van der Waals surface area contributed by atoms with E-state index in [2.05, 4.69) is 17.0 Å². The van der Waals surface area contributed by atoms with E-state index < -0.39 is 0 Å². The Bertz CT molecular complexity index is 476. The van der Waals surface area contributed by atoms with E-state index in [0.29, 0.717) is 11.3 Å². The van der Waals surface area contributed by atoms with Gasteiger partial charge in [-0.05, 0) is 18.6 Å². The van der Waals surface area contributed by atoms with Gasteiger partial charge in [-0.1, -0.05) is 13.0 Å². The Labute approximate surface area is 93.9 Å². The monoisotopic (exact) mass is 215 g/mol. The molecule has 0 aliphatic carbocycles. The van der Waals surface area contributed by atoms with Crippen molar-refractivity contribution in [2.45, 2.75) is 19.9 Å². The van der Waals surface area contributed by atoms with Gasteiger partial charge in [-0.2, -0.15) is 5.10 Å². The minimum absolute atomic E-state index is 0.590. The van der Waals surface area contributed by atoms with Gasteiger partial charge in [0.15, 0.2) is 6.29 Å². The van der Waals surface area contributed by atoms with Gasteiger partial charge in [-0.3, -0.25) is 14.5 Å². The molecule has 0 fully saturated rings. The van der Waals surface area contributed by atoms with Crippen LogP contribution in [0.1, 0.15) is 23.7 Å². The Kier molecular flexibility index (Phi) is 3.10. The van der Waals surface area contributed by atoms with Crippen molar-refractivity contribution < 1.29 is 4.79 Å². The zero-order valence-electron chi connectivity index (χ0n) is 9.13. The van der Waals surface area contributed by atoms with E-state index in [0.717, 1.165) is 24.9 Å². The number of pyridine rings is 1. The van der Waals surface area contributed by atoms with Crippen LogP contribution in [0.25, 0.3) is 11.4 Å². The van der Waals surface area contributed by atoms with E-state index in [-0.39, 0.29) is 0 Å². The van der Waals surface area contributed by atoms with Gasteiger partial charge < -0.3 is 0 Å². The van der Waals surface area contributed by atoms with E-state index >= 15 is 0 Å². The largest absolute Gasteiger partial charge is 0.298 e. The molecule has 0 atom stereocenters. The summed E-state index contributed by atoms with van der Waals surface area (Å²) in [6, 6.07) is 5.58. The summed E-state index contributed by atoms with van der Waals surface area (Å²) in [4.78, 5) is 15.1. The van der Waals surface area contributed by atoms with Crippen molar-refractivity contribution in [1.82, 2.24) is 14.8 Å². The van der Waals surface area contributed by atoms with E-state index in [1.807, 2.05) is 18.2 Å². The first kappa shape index (κ1) is 10.5. The standard InChI is InChI=1S/C12H13N3O/c1-2-7-15-8-10(9-16)12(14-15)11-5-3-4-6-13-11/h3-6,8-9H,2,7H2,1H3. The highest BCUT2D eigenvalue weighted by molar-refractivity contribution is 5.84. The van der Waals surface area contributed by atoms with Crippen molar-refractivity contribution in [3.63, 3.8) is 0 Å². The number of hydrogen-bond acceptors (Lipinski definition) is 3. The van der Waals surface area contributed by atoms with E-state index in [1.54, 1.807) is 17.1 Å². The van der Waals surface area contributed by atoms with Crippen molar-refractivity contribution >= 4 is 6.29 Å². The molecule has 2 rings (SSSR count). The normalized spacial score (nSPS) is 10.3. The van der Waals surface area contributed by atoms with Gasteiger partial charge in [-0.25, -0.2) is 0 Å². The highest BCUT2D eigenvalue weighted by Crippen LogP contribution is 2.18. The highest BCUT2D eigenvalue weighted by atomic mass is 16.1. The molecule has 2 heterocycles. The molecule has 16 heavy (non-hydrogen) atoms. The summed E-state index contributed by atoms with van der Waals surface area (Å²) in [5.41, 5.74) is 1.98. The summed E-state index contributed by atoms with van der Waals surface area (Å²) < 4.78 is 1.79. The van der Waals surface area contributed by atoms with Crippen LogP contribution in [0.3, 0.4) is 0 Å². The second-order valence-corrected chi connectivity index (χ2v) is 3.53. The molecule has 0 saturated heterocycles. The van der Waals surface area contributed by atoms with E-state index in [9.17, 15) is 4.79 Å². The predicted molar refractivity (Wildman–Crippen MR) is 61.1 cm³/mol. The number of carbonyl (C=O) groups is 1. The topological polar surface area (TPSA) is 47.8 Å². The van der Waals surface area contributed by atoms with Crippen LogP contribution >= 0.6 is 0 Å². The molecule has 0 saturated carbocycles. The van der Waals surface area contributed by atoms with Crippen molar-refractivity contribution in [1.29, 1.82) is 0 Å². The van der Waals surface area contributed by atoms with E-state index in [1.165, 1.54) is 0 Å². The molecule has 0 bridgehead atoms. The average Bonchev–Trinajstić information content (AvgIpc) is 2.74. The van der Waals surface area contributed by atoms with Crippen molar-refractivity contribution in [2.24, 2.45) is 0 Å². The quantitative estimate of drug-likeness (QED) is 0.734. The molecular formula is C12H13N3O. The predicted octanol–water partition coefficient (Wildman–Crippen LogP) is 2.17. The van der Waals surface area contributed by atoms with Gasteiger partial charge in [-0.15, -0.1) is 0 Å². The van der Waals surface area contributed by atoms with Crippen LogP contribution in [0.15, 0.2) is 30.6 Å².